The Labute approximate surface area is 139 Å². The summed E-state index contributed by atoms with van der Waals surface area (Å²) in [6, 6.07) is 14.4. The zero-order valence-electron chi connectivity index (χ0n) is 12.7. The van der Waals surface area contributed by atoms with Crippen molar-refractivity contribution in [1.29, 1.82) is 0 Å². The molecule has 0 radical (unpaired) electrons. The average Bonchev–Trinajstić information content (AvgIpc) is 2.62. The Kier molecular flexibility index (Phi) is 4.61. The van der Waals surface area contributed by atoms with Crippen molar-refractivity contribution < 1.29 is 18.1 Å². The zero-order chi connectivity index (χ0) is 17.2. The smallest absolute Gasteiger partial charge is 0.269 e. The van der Waals surface area contributed by atoms with Crippen LogP contribution in [0.3, 0.4) is 0 Å². The van der Waals surface area contributed by atoms with Crippen LogP contribution in [-0.4, -0.2) is 37.3 Å². The molecule has 1 saturated heterocycles. The second-order valence-electron chi connectivity index (χ2n) is 5.38. The molecule has 1 aliphatic heterocycles. The molecule has 0 aromatic heterocycles. The van der Waals surface area contributed by atoms with Gasteiger partial charge in [0.05, 0.1) is 22.5 Å². The molecule has 0 bridgehead atoms. The van der Waals surface area contributed by atoms with Crippen LogP contribution >= 0.6 is 0 Å². The van der Waals surface area contributed by atoms with E-state index in [2.05, 4.69) is 0 Å². The van der Waals surface area contributed by atoms with Gasteiger partial charge in [0.25, 0.3) is 5.69 Å². The highest BCUT2D eigenvalue weighted by molar-refractivity contribution is 7.89. The molecule has 0 amide bonds. The second kappa shape index (κ2) is 6.68. The van der Waals surface area contributed by atoms with E-state index in [1.807, 2.05) is 30.3 Å². The molecule has 0 aliphatic carbocycles. The van der Waals surface area contributed by atoms with Crippen LogP contribution in [0.5, 0.6) is 0 Å². The summed E-state index contributed by atoms with van der Waals surface area (Å²) in [5, 5.41) is 10.7. The minimum Gasteiger partial charge on any atom is -0.371 e. The molecule has 1 atom stereocenters. The number of hydrogen-bond donors (Lipinski definition) is 0. The van der Waals surface area contributed by atoms with Crippen molar-refractivity contribution in [2.75, 3.05) is 19.7 Å². The van der Waals surface area contributed by atoms with Crippen molar-refractivity contribution in [2.24, 2.45) is 0 Å². The summed E-state index contributed by atoms with van der Waals surface area (Å²) in [6.45, 7) is 0.762. The fourth-order valence-corrected chi connectivity index (χ4v) is 4.03. The number of nitrogens with zero attached hydrogens (tertiary/aromatic N) is 2. The van der Waals surface area contributed by atoms with Crippen LogP contribution in [0.25, 0.3) is 0 Å². The lowest BCUT2D eigenvalue weighted by Crippen LogP contribution is -2.42. The summed E-state index contributed by atoms with van der Waals surface area (Å²) in [5.74, 6) is 0. The van der Waals surface area contributed by atoms with E-state index in [0.717, 1.165) is 5.56 Å². The zero-order valence-corrected chi connectivity index (χ0v) is 13.6. The van der Waals surface area contributed by atoms with Gasteiger partial charge < -0.3 is 4.74 Å². The lowest BCUT2D eigenvalue weighted by molar-refractivity contribution is -0.384. The fourth-order valence-electron chi connectivity index (χ4n) is 2.60. The summed E-state index contributed by atoms with van der Waals surface area (Å²) in [6.07, 6.45) is -0.326. The predicted molar refractivity (Wildman–Crippen MR) is 87.0 cm³/mol. The average molecular weight is 348 g/mol. The number of sulfonamides is 1. The van der Waals surface area contributed by atoms with Crippen molar-refractivity contribution in [1.82, 2.24) is 4.31 Å². The first-order valence-electron chi connectivity index (χ1n) is 7.39. The van der Waals surface area contributed by atoms with E-state index in [9.17, 15) is 18.5 Å². The van der Waals surface area contributed by atoms with Gasteiger partial charge in [-0.05, 0) is 17.7 Å². The first kappa shape index (κ1) is 16.6. The maximum Gasteiger partial charge on any atom is 0.269 e. The van der Waals surface area contributed by atoms with Crippen LogP contribution in [0.1, 0.15) is 11.7 Å². The molecular weight excluding hydrogens is 332 g/mol. The molecule has 1 fully saturated rings. The Bertz CT molecular complexity index is 821. The first-order chi connectivity index (χ1) is 11.5. The topological polar surface area (TPSA) is 89.8 Å². The van der Waals surface area contributed by atoms with Crippen molar-refractivity contribution in [3.63, 3.8) is 0 Å². The summed E-state index contributed by atoms with van der Waals surface area (Å²) < 4.78 is 32.5. The molecule has 3 rings (SSSR count). The maximum absolute atomic E-state index is 12.7. The number of non-ortho nitro benzene ring substituents is 1. The van der Waals surface area contributed by atoms with Crippen molar-refractivity contribution in [2.45, 2.75) is 11.0 Å². The van der Waals surface area contributed by atoms with Crippen molar-refractivity contribution >= 4 is 15.7 Å². The molecule has 24 heavy (non-hydrogen) atoms. The molecule has 126 valence electrons. The lowest BCUT2D eigenvalue weighted by atomic mass is 10.1. The van der Waals surface area contributed by atoms with E-state index in [-0.39, 0.29) is 29.8 Å². The van der Waals surface area contributed by atoms with Crippen LogP contribution < -0.4 is 0 Å². The minimum atomic E-state index is -3.71. The van der Waals surface area contributed by atoms with Gasteiger partial charge in [0.15, 0.2) is 0 Å². The van der Waals surface area contributed by atoms with Gasteiger partial charge in [0.1, 0.15) is 0 Å². The number of nitro benzene ring substituents is 1. The maximum atomic E-state index is 12.7. The number of ether oxygens (including phenoxy) is 1. The molecule has 2 aromatic carbocycles. The van der Waals surface area contributed by atoms with E-state index in [1.54, 1.807) is 0 Å². The molecule has 0 saturated carbocycles. The summed E-state index contributed by atoms with van der Waals surface area (Å²) in [5.41, 5.74) is 0.777. The van der Waals surface area contributed by atoms with Crippen LogP contribution in [0.4, 0.5) is 5.69 Å². The second-order valence-corrected chi connectivity index (χ2v) is 7.32. The number of morpholine rings is 1. The Morgan fingerprint density at radius 2 is 1.75 bits per heavy atom. The van der Waals surface area contributed by atoms with Crippen molar-refractivity contribution in [3.05, 3.63) is 70.3 Å². The van der Waals surface area contributed by atoms with Crippen LogP contribution in [0.15, 0.2) is 59.5 Å². The largest absolute Gasteiger partial charge is 0.371 e. The van der Waals surface area contributed by atoms with Crippen LogP contribution in [-0.2, 0) is 14.8 Å². The molecule has 0 N–H and O–H groups in total. The highest BCUT2D eigenvalue weighted by Crippen LogP contribution is 2.27. The molecule has 8 heteroatoms. The van der Waals surface area contributed by atoms with Gasteiger partial charge in [0, 0.05) is 25.2 Å². The standard InChI is InChI=1S/C16H16N2O5S/c19-18(20)14-6-8-15(9-7-14)24(21,22)17-10-11-23-16(12-17)13-4-2-1-3-5-13/h1-9,16H,10-12H2. The van der Waals surface area contributed by atoms with Gasteiger partial charge in [0.2, 0.25) is 10.0 Å². The molecule has 7 nitrogen and oxygen atoms in total. The quantitative estimate of drug-likeness (QED) is 0.625. The van der Waals surface area contributed by atoms with Gasteiger partial charge >= 0.3 is 0 Å². The number of hydrogen-bond acceptors (Lipinski definition) is 5. The van der Waals surface area contributed by atoms with Crippen LogP contribution in [0.2, 0.25) is 0 Å². The molecular formula is C16H16N2O5S. The Balaban J connectivity index is 1.82. The van der Waals surface area contributed by atoms with E-state index in [4.69, 9.17) is 4.74 Å². The third-order valence-corrected chi connectivity index (χ3v) is 5.77. The Hall–Kier alpha value is -2.29. The monoisotopic (exact) mass is 348 g/mol. The van der Waals surface area contributed by atoms with Gasteiger partial charge in [-0.3, -0.25) is 10.1 Å². The third-order valence-electron chi connectivity index (χ3n) is 3.89. The Morgan fingerprint density at radius 3 is 2.38 bits per heavy atom. The fraction of sp³-hybridized carbons (Fsp3) is 0.250. The number of rotatable bonds is 4. The summed E-state index contributed by atoms with van der Waals surface area (Å²) in [7, 11) is -3.71. The van der Waals surface area contributed by atoms with Crippen LogP contribution in [0, 0.1) is 10.1 Å². The summed E-state index contributed by atoms with van der Waals surface area (Å²) in [4.78, 5) is 10.2. The minimum absolute atomic E-state index is 0.0433. The molecule has 1 heterocycles. The van der Waals surface area contributed by atoms with Gasteiger partial charge in [-0.1, -0.05) is 30.3 Å². The van der Waals surface area contributed by atoms with E-state index in [1.165, 1.54) is 28.6 Å². The van der Waals surface area contributed by atoms with Crippen molar-refractivity contribution in [3.8, 4) is 0 Å². The van der Waals surface area contributed by atoms with Gasteiger partial charge in [-0.15, -0.1) is 0 Å². The SMILES string of the molecule is O=[N+]([O-])c1ccc(S(=O)(=O)N2CCOC(c3ccccc3)C2)cc1. The third kappa shape index (κ3) is 3.30. The number of benzene rings is 2. The molecule has 2 aromatic rings. The molecule has 0 spiro atoms. The number of nitro groups is 1. The van der Waals surface area contributed by atoms with Gasteiger partial charge in [-0.25, -0.2) is 8.42 Å². The highest BCUT2D eigenvalue weighted by Gasteiger charge is 2.31. The summed E-state index contributed by atoms with van der Waals surface area (Å²) >= 11 is 0. The van der Waals surface area contributed by atoms with Gasteiger partial charge in [-0.2, -0.15) is 4.31 Å². The Morgan fingerprint density at radius 1 is 1.08 bits per heavy atom. The normalized spacial score (nSPS) is 19.1. The highest BCUT2D eigenvalue weighted by atomic mass is 32.2. The first-order valence-corrected chi connectivity index (χ1v) is 8.83. The molecule has 1 unspecified atom stereocenters. The lowest BCUT2D eigenvalue weighted by Gasteiger charge is -2.32. The molecule has 1 aliphatic rings. The van der Waals surface area contributed by atoms with E-state index >= 15 is 0 Å². The van der Waals surface area contributed by atoms with E-state index in [0.29, 0.717) is 6.61 Å². The van der Waals surface area contributed by atoms with E-state index < -0.39 is 14.9 Å². The predicted octanol–water partition coefficient (Wildman–Crippen LogP) is 2.36.